The number of anilines is 2. The number of rotatable bonds is 2. The van der Waals surface area contributed by atoms with E-state index in [0.29, 0.717) is 5.82 Å². The molecule has 0 unspecified atom stereocenters. The smallest absolute Gasteiger partial charge is 0.224 e. The van der Waals surface area contributed by atoms with Gasteiger partial charge in [-0.3, -0.25) is 0 Å². The van der Waals surface area contributed by atoms with Gasteiger partial charge in [0, 0.05) is 17.8 Å². The van der Waals surface area contributed by atoms with E-state index in [9.17, 15) is 0 Å². The van der Waals surface area contributed by atoms with Crippen LogP contribution in [-0.4, -0.2) is 19.7 Å². The van der Waals surface area contributed by atoms with Gasteiger partial charge in [-0.2, -0.15) is 5.10 Å². The van der Waals surface area contributed by atoms with Crippen molar-refractivity contribution in [1.29, 1.82) is 0 Å². The molecule has 0 aliphatic heterocycles. The Morgan fingerprint density at radius 2 is 2.00 bits per heavy atom. The van der Waals surface area contributed by atoms with Crippen LogP contribution in [0.15, 0.2) is 18.3 Å². The number of aryl methyl sites for hydroxylation is 1. The lowest BCUT2D eigenvalue weighted by molar-refractivity contribution is 0.361. The molecule has 2 rings (SSSR count). The number of hydrogen-bond donors (Lipinski definition) is 1. The Morgan fingerprint density at radius 1 is 1.28 bits per heavy atom. The lowest BCUT2D eigenvalue weighted by Gasteiger charge is -2.22. The van der Waals surface area contributed by atoms with Gasteiger partial charge in [-0.05, 0) is 39.3 Å². The van der Waals surface area contributed by atoms with E-state index in [1.807, 2.05) is 23.7 Å². The zero-order chi connectivity index (χ0) is 13.3. The highest BCUT2D eigenvalue weighted by molar-refractivity contribution is 6.28. The summed E-state index contributed by atoms with van der Waals surface area (Å²) in [6.45, 7) is 8.13. The van der Waals surface area contributed by atoms with Crippen molar-refractivity contribution in [3.05, 3.63) is 29.3 Å². The van der Waals surface area contributed by atoms with E-state index < -0.39 is 0 Å². The van der Waals surface area contributed by atoms with Crippen LogP contribution in [0.1, 0.15) is 26.5 Å². The minimum Gasteiger partial charge on any atom is -0.325 e. The molecule has 0 saturated carbocycles. The Balaban J connectivity index is 2.32. The van der Waals surface area contributed by atoms with Crippen LogP contribution in [0.4, 0.5) is 11.6 Å². The van der Waals surface area contributed by atoms with E-state index in [2.05, 4.69) is 41.2 Å². The van der Waals surface area contributed by atoms with Crippen molar-refractivity contribution in [3.8, 4) is 0 Å². The second-order valence-corrected chi connectivity index (χ2v) is 5.43. The van der Waals surface area contributed by atoms with Gasteiger partial charge in [0.1, 0.15) is 11.6 Å². The van der Waals surface area contributed by atoms with E-state index in [-0.39, 0.29) is 10.8 Å². The third-order valence-electron chi connectivity index (χ3n) is 2.36. The van der Waals surface area contributed by atoms with Crippen LogP contribution >= 0.6 is 11.6 Å². The highest BCUT2D eigenvalue weighted by Crippen LogP contribution is 2.22. The predicted octanol–water partition coefficient (Wildman–Crippen LogP) is 3.13. The Bertz CT molecular complexity index is 536. The molecule has 0 amide bonds. The lowest BCUT2D eigenvalue weighted by atomic mass is 10.1. The van der Waals surface area contributed by atoms with Gasteiger partial charge in [0.25, 0.3) is 0 Å². The van der Waals surface area contributed by atoms with E-state index in [0.717, 1.165) is 11.5 Å². The Hall–Kier alpha value is -1.62. The molecule has 0 bridgehead atoms. The van der Waals surface area contributed by atoms with Gasteiger partial charge in [-0.25, -0.2) is 14.6 Å². The van der Waals surface area contributed by atoms with Crippen molar-refractivity contribution >= 4 is 23.2 Å². The molecule has 2 heterocycles. The predicted molar refractivity (Wildman–Crippen MR) is 72.3 cm³/mol. The topological polar surface area (TPSA) is 55.6 Å². The average Bonchev–Trinajstić information content (AvgIpc) is 2.63. The van der Waals surface area contributed by atoms with Crippen molar-refractivity contribution in [2.24, 2.45) is 0 Å². The van der Waals surface area contributed by atoms with Crippen molar-refractivity contribution in [2.45, 2.75) is 33.2 Å². The molecule has 18 heavy (non-hydrogen) atoms. The minimum atomic E-state index is -0.0995. The minimum absolute atomic E-state index is 0.0995. The van der Waals surface area contributed by atoms with Crippen molar-refractivity contribution in [2.75, 3.05) is 5.32 Å². The second-order valence-electron chi connectivity index (χ2n) is 5.09. The second kappa shape index (κ2) is 4.57. The summed E-state index contributed by atoms with van der Waals surface area (Å²) in [4.78, 5) is 8.16. The Morgan fingerprint density at radius 3 is 2.61 bits per heavy atom. The lowest BCUT2D eigenvalue weighted by Crippen LogP contribution is -2.24. The van der Waals surface area contributed by atoms with Gasteiger partial charge < -0.3 is 5.32 Å². The van der Waals surface area contributed by atoms with Crippen molar-refractivity contribution in [1.82, 2.24) is 19.7 Å². The maximum Gasteiger partial charge on any atom is 0.224 e. The molecule has 2 aromatic heterocycles. The molecular weight excluding hydrogens is 250 g/mol. The van der Waals surface area contributed by atoms with Crippen LogP contribution in [0, 0.1) is 6.92 Å². The fourth-order valence-electron chi connectivity index (χ4n) is 1.66. The summed E-state index contributed by atoms with van der Waals surface area (Å²) in [5.74, 6) is 1.54. The number of hydrogen-bond acceptors (Lipinski definition) is 4. The molecule has 0 aliphatic rings. The van der Waals surface area contributed by atoms with Gasteiger partial charge in [-0.15, -0.1) is 0 Å². The molecule has 5 nitrogen and oxygen atoms in total. The number of nitrogens with zero attached hydrogens (tertiary/aromatic N) is 4. The number of halogens is 1. The van der Waals surface area contributed by atoms with Gasteiger partial charge in [0.15, 0.2) is 0 Å². The number of aromatic nitrogens is 4. The first-order valence-corrected chi connectivity index (χ1v) is 6.07. The molecule has 0 aliphatic carbocycles. The van der Waals surface area contributed by atoms with Crippen LogP contribution < -0.4 is 5.32 Å². The van der Waals surface area contributed by atoms with Gasteiger partial charge >= 0.3 is 0 Å². The maximum atomic E-state index is 5.84. The molecule has 0 saturated heterocycles. The third kappa shape index (κ3) is 2.79. The standard InChI is InChI=1S/C12H16ClN5/c1-8-7-9(17-11(13)15-8)16-10-5-6-14-18(10)12(2,3)4/h5-7H,1-4H3,(H,15,16,17). The largest absolute Gasteiger partial charge is 0.325 e. The molecule has 1 N–H and O–H groups in total. The first-order chi connectivity index (χ1) is 8.36. The summed E-state index contributed by atoms with van der Waals surface area (Å²) in [7, 11) is 0. The highest BCUT2D eigenvalue weighted by atomic mass is 35.5. The van der Waals surface area contributed by atoms with Gasteiger partial charge in [0.2, 0.25) is 5.28 Å². The Kier molecular flexibility index (Phi) is 3.26. The first-order valence-electron chi connectivity index (χ1n) is 5.69. The quantitative estimate of drug-likeness (QED) is 0.848. The molecular formula is C12H16ClN5. The maximum absolute atomic E-state index is 5.84. The molecule has 0 radical (unpaired) electrons. The summed E-state index contributed by atoms with van der Waals surface area (Å²) in [6, 6.07) is 3.74. The molecule has 0 spiro atoms. The SMILES string of the molecule is Cc1cc(Nc2ccnn2C(C)(C)C)nc(Cl)n1. The van der Waals surface area contributed by atoms with Gasteiger partial charge in [0.05, 0.1) is 11.7 Å². The van der Waals surface area contributed by atoms with Crippen LogP contribution in [0.3, 0.4) is 0 Å². The molecule has 0 aromatic carbocycles. The third-order valence-corrected chi connectivity index (χ3v) is 2.53. The highest BCUT2D eigenvalue weighted by Gasteiger charge is 2.17. The summed E-state index contributed by atoms with van der Waals surface area (Å²) in [5.41, 5.74) is 0.719. The van der Waals surface area contributed by atoms with Crippen LogP contribution in [0.25, 0.3) is 0 Å². The van der Waals surface area contributed by atoms with Crippen LogP contribution in [-0.2, 0) is 5.54 Å². The zero-order valence-electron chi connectivity index (χ0n) is 10.9. The molecule has 6 heteroatoms. The summed E-state index contributed by atoms with van der Waals surface area (Å²) in [5, 5.41) is 7.75. The van der Waals surface area contributed by atoms with Crippen molar-refractivity contribution in [3.63, 3.8) is 0 Å². The zero-order valence-corrected chi connectivity index (χ0v) is 11.7. The van der Waals surface area contributed by atoms with Crippen LogP contribution in [0.5, 0.6) is 0 Å². The fraction of sp³-hybridized carbons (Fsp3) is 0.417. The van der Waals surface area contributed by atoms with Gasteiger partial charge in [-0.1, -0.05) is 0 Å². The average molecular weight is 266 g/mol. The summed E-state index contributed by atoms with van der Waals surface area (Å²) >= 11 is 5.84. The first kappa shape index (κ1) is 12.8. The summed E-state index contributed by atoms with van der Waals surface area (Å²) < 4.78 is 1.90. The molecule has 0 fully saturated rings. The molecule has 0 atom stereocenters. The van der Waals surface area contributed by atoms with Crippen molar-refractivity contribution < 1.29 is 0 Å². The Labute approximate surface area is 111 Å². The normalized spacial score (nSPS) is 11.6. The molecule has 96 valence electrons. The van der Waals surface area contributed by atoms with E-state index in [1.165, 1.54) is 0 Å². The number of nitrogens with one attached hydrogen (secondary N) is 1. The molecule has 2 aromatic rings. The van der Waals surface area contributed by atoms with E-state index in [4.69, 9.17) is 11.6 Å². The van der Waals surface area contributed by atoms with E-state index in [1.54, 1.807) is 6.20 Å². The van der Waals surface area contributed by atoms with Crippen LogP contribution in [0.2, 0.25) is 5.28 Å². The monoisotopic (exact) mass is 265 g/mol. The van der Waals surface area contributed by atoms with E-state index >= 15 is 0 Å². The fourth-order valence-corrected chi connectivity index (χ4v) is 1.88. The summed E-state index contributed by atoms with van der Waals surface area (Å²) in [6.07, 6.45) is 1.75.